The molecule has 0 saturated carbocycles. The molecule has 156 valence electrons. The van der Waals surface area contributed by atoms with Crippen molar-refractivity contribution in [2.75, 3.05) is 18.7 Å². The van der Waals surface area contributed by atoms with E-state index in [1.165, 1.54) is 0 Å². The van der Waals surface area contributed by atoms with Crippen LogP contribution in [-0.4, -0.2) is 30.0 Å². The van der Waals surface area contributed by atoms with E-state index in [4.69, 9.17) is 4.74 Å². The fraction of sp³-hybridized carbons (Fsp3) is 0.273. The van der Waals surface area contributed by atoms with Gasteiger partial charge in [-0.2, -0.15) is 0 Å². The number of rotatable bonds is 4. The number of aryl methyl sites for hydroxylation is 1. The zero-order valence-corrected chi connectivity index (χ0v) is 17.8. The van der Waals surface area contributed by atoms with E-state index in [1.54, 1.807) is 30.5 Å². The van der Waals surface area contributed by atoms with Crippen LogP contribution in [0.1, 0.15) is 23.7 Å². The molecule has 30 heavy (non-hydrogen) atoms. The number of halogens is 3. The van der Waals surface area contributed by atoms with Crippen LogP contribution in [0.5, 0.6) is 5.75 Å². The Morgan fingerprint density at radius 2 is 2.07 bits per heavy atom. The number of carbonyl (C=O) groups is 1. The lowest BCUT2D eigenvalue weighted by atomic mass is 9.88. The number of nitrogens with zero attached hydrogens (tertiary/aromatic N) is 1. The van der Waals surface area contributed by atoms with Gasteiger partial charge in [0.05, 0.1) is 11.7 Å². The van der Waals surface area contributed by atoms with Gasteiger partial charge >= 0.3 is 6.03 Å². The van der Waals surface area contributed by atoms with Gasteiger partial charge in [-0.25, -0.2) is 13.6 Å². The lowest BCUT2D eigenvalue weighted by molar-refractivity contribution is -0.0105. The summed E-state index contributed by atoms with van der Waals surface area (Å²) in [5.74, 6) is 0.350. The number of nitrogens with one attached hydrogen (secondary N) is 2. The topological polar surface area (TPSA) is 63.2 Å². The number of hydrogen-bond acceptors (Lipinski definition) is 3. The molecule has 3 aromatic rings. The Morgan fingerprint density at radius 3 is 2.83 bits per heavy atom. The van der Waals surface area contributed by atoms with Crippen LogP contribution in [0.15, 0.2) is 53.1 Å². The van der Waals surface area contributed by atoms with Crippen LogP contribution < -0.4 is 15.4 Å². The van der Waals surface area contributed by atoms with Crippen molar-refractivity contribution in [3.05, 3.63) is 64.4 Å². The first-order valence-electron chi connectivity index (χ1n) is 9.46. The van der Waals surface area contributed by atoms with Gasteiger partial charge in [-0.05, 0) is 31.2 Å². The van der Waals surface area contributed by atoms with Gasteiger partial charge in [-0.3, -0.25) is 4.98 Å². The molecule has 0 fully saturated rings. The van der Waals surface area contributed by atoms with Gasteiger partial charge in [0, 0.05) is 39.1 Å². The lowest BCUT2D eigenvalue weighted by Gasteiger charge is -2.39. The van der Waals surface area contributed by atoms with Crippen molar-refractivity contribution in [3.63, 3.8) is 0 Å². The molecule has 0 unspecified atom stereocenters. The van der Waals surface area contributed by atoms with Crippen molar-refractivity contribution in [2.45, 2.75) is 25.0 Å². The molecule has 2 amide bonds. The van der Waals surface area contributed by atoms with E-state index in [-0.39, 0.29) is 6.42 Å². The van der Waals surface area contributed by atoms with Crippen LogP contribution in [0.25, 0.3) is 10.8 Å². The maximum absolute atomic E-state index is 13.7. The fourth-order valence-corrected chi connectivity index (χ4v) is 4.01. The first-order chi connectivity index (χ1) is 14.4. The summed E-state index contributed by atoms with van der Waals surface area (Å²) < 4.78 is 33.7. The third kappa shape index (κ3) is 3.96. The van der Waals surface area contributed by atoms with E-state index < -0.39 is 31.0 Å². The van der Waals surface area contributed by atoms with E-state index in [0.29, 0.717) is 17.0 Å². The smallest absolute Gasteiger partial charge is 0.319 e. The second-order valence-electron chi connectivity index (χ2n) is 7.44. The predicted octanol–water partition coefficient (Wildman–Crippen LogP) is 5.63. The highest BCUT2D eigenvalue weighted by Crippen LogP contribution is 2.41. The van der Waals surface area contributed by atoms with E-state index in [2.05, 4.69) is 31.5 Å². The summed E-state index contributed by atoms with van der Waals surface area (Å²) in [5.41, 5.74) is 0.509. The van der Waals surface area contributed by atoms with E-state index >= 15 is 0 Å². The molecule has 1 aliphatic heterocycles. The number of urea groups is 1. The van der Waals surface area contributed by atoms with Gasteiger partial charge in [0.25, 0.3) is 0 Å². The molecule has 0 aliphatic carbocycles. The van der Waals surface area contributed by atoms with Crippen LogP contribution in [0.4, 0.5) is 19.3 Å². The van der Waals surface area contributed by atoms with E-state index in [0.717, 1.165) is 20.9 Å². The molecular formula is C22H20BrF2N3O2. The standard InChI is InChI=1S/C22H20BrF2N3O2/c1-13-7-17-14(10-26-13)3-2-4-18(17)27-21(29)28-19-9-22(11-24,12-25)30-20-8-15(23)5-6-16(19)20/h2-8,10,19H,9,11-12H2,1H3,(H2,27,28,29)/t19-/m1/s1. The molecule has 0 radical (unpaired) electrons. The number of benzene rings is 2. The van der Waals surface area contributed by atoms with Crippen molar-refractivity contribution < 1.29 is 18.3 Å². The molecule has 1 aromatic heterocycles. The van der Waals surface area contributed by atoms with Crippen LogP contribution in [-0.2, 0) is 0 Å². The molecule has 1 atom stereocenters. The Hall–Kier alpha value is -2.74. The summed E-state index contributed by atoms with van der Waals surface area (Å²) in [5, 5.41) is 7.46. The van der Waals surface area contributed by atoms with Gasteiger partial charge < -0.3 is 15.4 Å². The maximum atomic E-state index is 13.7. The molecule has 1 aliphatic rings. The molecule has 0 saturated heterocycles. The van der Waals surface area contributed by atoms with Gasteiger partial charge in [0.2, 0.25) is 0 Å². The third-order valence-corrected chi connectivity index (χ3v) is 5.69. The number of amides is 2. The third-order valence-electron chi connectivity index (χ3n) is 5.19. The summed E-state index contributed by atoms with van der Waals surface area (Å²) in [6.07, 6.45) is 1.73. The van der Waals surface area contributed by atoms with Gasteiger partial charge in [0.15, 0.2) is 5.60 Å². The molecular weight excluding hydrogens is 456 g/mol. The number of alkyl halides is 2. The minimum atomic E-state index is -1.62. The molecule has 5 nitrogen and oxygen atoms in total. The first-order valence-corrected chi connectivity index (χ1v) is 10.3. The van der Waals surface area contributed by atoms with Crippen molar-refractivity contribution >= 4 is 38.4 Å². The zero-order chi connectivity index (χ0) is 21.3. The quantitative estimate of drug-likeness (QED) is 0.513. The van der Waals surface area contributed by atoms with E-state index in [1.807, 2.05) is 25.1 Å². The number of fused-ring (bicyclic) bond motifs is 2. The summed E-state index contributed by atoms with van der Waals surface area (Å²) in [7, 11) is 0. The molecule has 0 bridgehead atoms. The molecule has 4 rings (SSSR count). The normalized spacial score (nSPS) is 17.1. The highest BCUT2D eigenvalue weighted by Gasteiger charge is 2.42. The Morgan fingerprint density at radius 1 is 1.27 bits per heavy atom. The zero-order valence-electron chi connectivity index (χ0n) is 16.2. The van der Waals surface area contributed by atoms with Crippen LogP contribution in [0.2, 0.25) is 0 Å². The molecule has 8 heteroatoms. The monoisotopic (exact) mass is 475 g/mol. The first kappa shape index (κ1) is 20.5. The largest absolute Gasteiger partial charge is 0.481 e. The maximum Gasteiger partial charge on any atom is 0.319 e. The minimum absolute atomic E-state index is 0.0133. The number of carbonyl (C=O) groups excluding carboxylic acids is 1. The second-order valence-corrected chi connectivity index (χ2v) is 8.36. The number of hydrogen-bond donors (Lipinski definition) is 2. The molecule has 2 heterocycles. The molecule has 2 aromatic carbocycles. The number of pyridine rings is 1. The lowest BCUT2D eigenvalue weighted by Crippen LogP contribution is -2.49. The van der Waals surface area contributed by atoms with Crippen molar-refractivity contribution in [1.82, 2.24) is 10.3 Å². The van der Waals surface area contributed by atoms with Crippen molar-refractivity contribution in [3.8, 4) is 5.75 Å². The Kier molecular flexibility index (Phi) is 5.60. The second kappa shape index (κ2) is 8.18. The number of aromatic nitrogens is 1. The average molecular weight is 476 g/mol. The van der Waals surface area contributed by atoms with Crippen LogP contribution in [0.3, 0.4) is 0 Å². The Labute approximate surface area is 181 Å². The highest BCUT2D eigenvalue weighted by atomic mass is 79.9. The minimum Gasteiger partial charge on any atom is -0.481 e. The van der Waals surface area contributed by atoms with E-state index in [9.17, 15) is 13.6 Å². The Balaban J connectivity index is 1.61. The summed E-state index contributed by atoms with van der Waals surface area (Å²) in [6.45, 7) is -0.114. The summed E-state index contributed by atoms with van der Waals surface area (Å²) in [6, 6.07) is 11.6. The molecule has 0 spiro atoms. The van der Waals surface area contributed by atoms with Crippen LogP contribution >= 0.6 is 15.9 Å². The summed E-state index contributed by atoms with van der Waals surface area (Å²) in [4.78, 5) is 17.1. The highest BCUT2D eigenvalue weighted by molar-refractivity contribution is 9.10. The van der Waals surface area contributed by atoms with Gasteiger partial charge in [-0.1, -0.05) is 34.1 Å². The predicted molar refractivity (Wildman–Crippen MR) is 115 cm³/mol. The van der Waals surface area contributed by atoms with Crippen LogP contribution in [0, 0.1) is 6.92 Å². The SMILES string of the molecule is Cc1cc2c(NC(=O)N[C@@H]3CC(CF)(CF)Oc4cc(Br)ccc43)cccc2cn1. The van der Waals surface area contributed by atoms with Crippen molar-refractivity contribution in [1.29, 1.82) is 0 Å². The fourth-order valence-electron chi connectivity index (χ4n) is 3.67. The van der Waals surface area contributed by atoms with Gasteiger partial charge in [-0.15, -0.1) is 0 Å². The summed E-state index contributed by atoms with van der Waals surface area (Å²) >= 11 is 3.34. The molecule has 2 N–H and O–H groups in total. The van der Waals surface area contributed by atoms with Crippen molar-refractivity contribution in [2.24, 2.45) is 0 Å². The van der Waals surface area contributed by atoms with Gasteiger partial charge in [0.1, 0.15) is 19.1 Å². The average Bonchev–Trinajstić information content (AvgIpc) is 2.73. The Bertz CT molecular complexity index is 1100. The number of ether oxygens (including phenoxy) is 1. The number of anilines is 1.